The van der Waals surface area contributed by atoms with Crippen molar-refractivity contribution in [1.82, 2.24) is 4.90 Å². The molecule has 25 heavy (non-hydrogen) atoms. The van der Waals surface area contributed by atoms with Crippen molar-refractivity contribution in [2.75, 3.05) is 39.5 Å². The SMILES string of the molecule is Cc1ccc(F)c(OCC2CN(CC(O)COC(C)(C)C)CCO2)c1. The first kappa shape index (κ1) is 20.1. The summed E-state index contributed by atoms with van der Waals surface area (Å²) in [6, 6.07) is 4.80. The molecule has 0 aliphatic carbocycles. The zero-order valence-electron chi connectivity index (χ0n) is 15.6. The Kier molecular flexibility index (Phi) is 7.19. The van der Waals surface area contributed by atoms with Gasteiger partial charge in [0.15, 0.2) is 11.6 Å². The van der Waals surface area contributed by atoms with Gasteiger partial charge in [0.1, 0.15) is 12.7 Å². The molecule has 0 amide bonds. The van der Waals surface area contributed by atoms with Gasteiger partial charge in [-0.05, 0) is 45.4 Å². The van der Waals surface area contributed by atoms with Crippen LogP contribution in [0.3, 0.4) is 0 Å². The number of aliphatic hydroxyl groups is 1. The van der Waals surface area contributed by atoms with E-state index in [1.807, 2.05) is 27.7 Å². The summed E-state index contributed by atoms with van der Waals surface area (Å²) in [6.45, 7) is 10.9. The van der Waals surface area contributed by atoms with Crippen molar-refractivity contribution in [2.24, 2.45) is 0 Å². The van der Waals surface area contributed by atoms with E-state index in [-0.39, 0.29) is 29.9 Å². The summed E-state index contributed by atoms with van der Waals surface area (Å²) in [5, 5.41) is 10.1. The molecule has 1 heterocycles. The Bertz CT molecular complexity index is 547. The van der Waals surface area contributed by atoms with Gasteiger partial charge in [0.05, 0.1) is 24.9 Å². The third-order valence-electron chi connectivity index (χ3n) is 3.91. The highest BCUT2D eigenvalue weighted by Crippen LogP contribution is 2.19. The van der Waals surface area contributed by atoms with Crippen LogP contribution < -0.4 is 4.74 Å². The lowest BCUT2D eigenvalue weighted by Gasteiger charge is -2.34. The zero-order valence-corrected chi connectivity index (χ0v) is 15.6. The molecule has 2 rings (SSSR count). The molecule has 1 aromatic rings. The molecule has 1 N–H and O–H groups in total. The van der Waals surface area contributed by atoms with Gasteiger partial charge < -0.3 is 19.3 Å². The number of aryl methyl sites for hydroxylation is 1. The molecule has 0 saturated carbocycles. The standard InChI is InChI=1S/C19H30FNO4/c1-14-5-6-17(20)18(9-14)24-13-16-11-21(7-8-23-16)10-15(22)12-25-19(2,3)4/h5-6,9,15-16,22H,7-8,10-13H2,1-4H3. The average molecular weight is 355 g/mol. The molecule has 1 aliphatic heterocycles. The number of nitrogens with zero attached hydrogens (tertiary/aromatic N) is 1. The second kappa shape index (κ2) is 8.94. The molecule has 1 aromatic carbocycles. The van der Waals surface area contributed by atoms with Gasteiger partial charge in [0.25, 0.3) is 0 Å². The van der Waals surface area contributed by atoms with E-state index in [2.05, 4.69) is 4.90 Å². The number of aliphatic hydroxyl groups excluding tert-OH is 1. The van der Waals surface area contributed by atoms with Crippen LogP contribution in [0, 0.1) is 12.7 Å². The Morgan fingerprint density at radius 2 is 2.16 bits per heavy atom. The molecule has 2 atom stereocenters. The van der Waals surface area contributed by atoms with Crippen LogP contribution >= 0.6 is 0 Å². The Labute approximate surface area is 149 Å². The third kappa shape index (κ3) is 7.28. The van der Waals surface area contributed by atoms with E-state index in [0.29, 0.717) is 26.3 Å². The normalized spacial score (nSPS) is 20.5. The van der Waals surface area contributed by atoms with Crippen molar-refractivity contribution >= 4 is 0 Å². The lowest BCUT2D eigenvalue weighted by Crippen LogP contribution is -2.48. The Hall–Kier alpha value is -1.21. The number of hydrogen-bond donors (Lipinski definition) is 1. The highest BCUT2D eigenvalue weighted by atomic mass is 19.1. The molecule has 0 aromatic heterocycles. The monoisotopic (exact) mass is 355 g/mol. The molecule has 1 fully saturated rings. The number of rotatable bonds is 7. The molecular formula is C19H30FNO4. The van der Waals surface area contributed by atoms with E-state index < -0.39 is 6.10 Å². The number of ether oxygens (including phenoxy) is 3. The van der Waals surface area contributed by atoms with Crippen LogP contribution in [0.1, 0.15) is 26.3 Å². The minimum absolute atomic E-state index is 0.149. The quantitative estimate of drug-likeness (QED) is 0.814. The van der Waals surface area contributed by atoms with Crippen LogP contribution in [0.2, 0.25) is 0 Å². The summed E-state index contributed by atoms with van der Waals surface area (Å²) in [7, 11) is 0. The Morgan fingerprint density at radius 1 is 1.40 bits per heavy atom. The summed E-state index contributed by atoms with van der Waals surface area (Å²) in [5.74, 6) is -0.118. The largest absolute Gasteiger partial charge is 0.488 e. The molecule has 1 saturated heterocycles. The molecule has 1 aliphatic rings. The van der Waals surface area contributed by atoms with Crippen molar-refractivity contribution in [3.05, 3.63) is 29.6 Å². The van der Waals surface area contributed by atoms with Crippen LogP contribution in [0.4, 0.5) is 4.39 Å². The van der Waals surface area contributed by atoms with Crippen molar-refractivity contribution in [3.63, 3.8) is 0 Å². The first-order valence-corrected chi connectivity index (χ1v) is 8.78. The van der Waals surface area contributed by atoms with E-state index in [9.17, 15) is 9.50 Å². The van der Waals surface area contributed by atoms with Crippen LogP contribution in [-0.4, -0.2) is 67.3 Å². The number of β-amino-alcohol motifs (C(OH)–C–C–N with tert-alkyl or cyclic N) is 1. The molecule has 142 valence electrons. The van der Waals surface area contributed by atoms with E-state index in [4.69, 9.17) is 14.2 Å². The smallest absolute Gasteiger partial charge is 0.165 e. The van der Waals surface area contributed by atoms with E-state index in [1.54, 1.807) is 12.1 Å². The molecule has 6 heteroatoms. The number of halogens is 1. The van der Waals surface area contributed by atoms with Gasteiger partial charge in [-0.2, -0.15) is 0 Å². The molecular weight excluding hydrogens is 325 g/mol. The maximum atomic E-state index is 13.7. The lowest BCUT2D eigenvalue weighted by atomic mass is 10.2. The van der Waals surface area contributed by atoms with Gasteiger partial charge in [0.2, 0.25) is 0 Å². The predicted molar refractivity (Wildman–Crippen MR) is 94.5 cm³/mol. The molecule has 2 unspecified atom stereocenters. The van der Waals surface area contributed by atoms with Crippen molar-refractivity contribution in [1.29, 1.82) is 0 Å². The first-order valence-electron chi connectivity index (χ1n) is 8.78. The summed E-state index contributed by atoms with van der Waals surface area (Å²) in [4.78, 5) is 2.13. The zero-order chi connectivity index (χ0) is 18.4. The Morgan fingerprint density at radius 3 is 2.88 bits per heavy atom. The second-order valence-electron chi connectivity index (χ2n) is 7.57. The summed E-state index contributed by atoms with van der Waals surface area (Å²) in [6.07, 6.45) is -0.697. The predicted octanol–water partition coefficient (Wildman–Crippen LogP) is 2.39. The Balaban J connectivity index is 1.77. The highest BCUT2D eigenvalue weighted by Gasteiger charge is 2.24. The van der Waals surface area contributed by atoms with Gasteiger partial charge in [-0.1, -0.05) is 6.07 Å². The fourth-order valence-electron chi connectivity index (χ4n) is 2.65. The number of morpholine rings is 1. The van der Waals surface area contributed by atoms with Crippen molar-refractivity contribution in [2.45, 2.75) is 45.5 Å². The van der Waals surface area contributed by atoms with Gasteiger partial charge in [-0.3, -0.25) is 4.90 Å². The fourth-order valence-corrected chi connectivity index (χ4v) is 2.65. The lowest BCUT2D eigenvalue weighted by molar-refractivity contribution is -0.0813. The van der Waals surface area contributed by atoms with Crippen LogP contribution in [0.15, 0.2) is 18.2 Å². The second-order valence-corrected chi connectivity index (χ2v) is 7.57. The summed E-state index contributed by atoms with van der Waals surface area (Å²) in [5.41, 5.74) is 0.685. The van der Waals surface area contributed by atoms with E-state index in [1.165, 1.54) is 6.07 Å². The fraction of sp³-hybridized carbons (Fsp3) is 0.684. The molecule has 0 spiro atoms. The summed E-state index contributed by atoms with van der Waals surface area (Å²) >= 11 is 0. The number of benzene rings is 1. The van der Waals surface area contributed by atoms with Gasteiger partial charge in [0, 0.05) is 19.6 Å². The molecule has 0 radical (unpaired) electrons. The minimum Gasteiger partial charge on any atom is -0.488 e. The van der Waals surface area contributed by atoms with Crippen LogP contribution in [0.25, 0.3) is 0 Å². The highest BCUT2D eigenvalue weighted by molar-refractivity contribution is 5.29. The van der Waals surface area contributed by atoms with Gasteiger partial charge in [-0.25, -0.2) is 4.39 Å². The summed E-state index contributed by atoms with van der Waals surface area (Å²) < 4.78 is 30.6. The van der Waals surface area contributed by atoms with E-state index >= 15 is 0 Å². The van der Waals surface area contributed by atoms with Gasteiger partial charge in [-0.15, -0.1) is 0 Å². The maximum absolute atomic E-state index is 13.7. The first-order chi connectivity index (χ1) is 11.7. The van der Waals surface area contributed by atoms with Crippen molar-refractivity contribution < 1.29 is 23.7 Å². The van der Waals surface area contributed by atoms with Gasteiger partial charge >= 0.3 is 0 Å². The van der Waals surface area contributed by atoms with E-state index in [0.717, 1.165) is 12.1 Å². The third-order valence-corrected chi connectivity index (χ3v) is 3.91. The molecule has 0 bridgehead atoms. The average Bonchev–Trinajstić information content (AvgIpc) is 2.53. The molecule has 5 nitrogen and oxygen atoms in total. The topological polar surface area (TPSA) is 51.2 Å². The number of hydrogen-bond acceptors (Lipinski definition) is 5. The van der Waals surface area contributed by atoms with Crippen molar-refractivity contribution in [3.8, 4) is 5.75 Å². The van der Waals surface area contributed by atoms with Crippen LogP contribution in [-0.2, 0) is 9.47 Å². The van der Waals surface area contributed by atoms with Crippen LogP contribution in [0.5, 0.6) is 5.75 Å². The maximum Gasteiger partial charge on any atom is 0.165 e. The minimum atomic E-state index is -0.548.